The molecule has 7 heteroatoms. The third-order valence-electron chi connectivity index (χ3n) is 3.44. The summed E-state index contributed by atoms with van der Waals surface area (Å²) in [7, 11) is 0. The number of fused-ring (bicyclic) bond motifs is 1. The Morgan fingerprint density at radius 3 is 2.75 bits per heavy atom. The standard InChI is InChI=1S/C17H19BrN4O2/c1-17(2,3)10-22-12-6-7-13(14(18)15(12)20-21-22)24-16-11(9-23)5-4-8-19-16/h4-8,23H,9-10H2,1-3H3. The van der Waals surface area contributed by atoms with Crippen molar-refractivity contribution in [1.29, 1.82) is 0 Å². The quantitative estimate of drug-likeness (QED) is 0.730. The molecule has 0 atom stereocenters. The van der Waals surface area contributed by atoms with Crippen LogP contribution in [0.25, 0.3) is 11.0 Å². The third-order valence-corrected chi connectivity index (χ3v) is 4.21. The minimum Gasteiger partial charge on any atom is -0.437 e. The maximum absolute atomic E-state index is 9.39. The number of ether oxygens (including phenoxy) is 1. The largest absolute Gasteiger partial charge is 0.437 e. The number of pyridine rings is 1. The molecule has 0 spiro atoms. The third kappa shape index (κ3) is 3.42. The van der Waals surface area contributed by atoms with Crippen LogP contribution in [0.1, 0.15) is 26.3 Å². The zero-order valence-electron chi connectivity index (χ0n) is 13.8. The predicted molar refractivity (Wildman–Crippen MR) is 94.9 cm³/mol. The van der Waals surface area contributed by atoms with Crippen molar-refractivity contribution in [2.24, 2.45) is 5.41 Å². The number of hydrogen-bond acceptors (Lipinski definition) is 5. The summed E-state index contributed by atoms with van der Waals surface area (Å²) in [5.41, 5.74) is 2.40. The van der Waals surface area contributed by atoms with Gasteiger partial charge in [0.15, 0.2) is 0 Å². The number of nitrogens with zero attached hydrogens (tertiary/aromatic N) is 4. The van der Waals surface area contributed by atoms with Gasteiger partial charge in [0.05, 0.1) is 16.6 Å². The Labute approximate surface area is 148 Å². The van der Waals surface area contributed by atoms with Gasteiger partial charge in [0, 0.05) is 18.3 Å². The summed E-state index contributed by atoms with van der Waals surface area (Å²) < 4.78 is 8.46. The molecule has 0 saturated heterocycles. The molecular weight excluding hydrogens is 372 g/mol. The van der Waals surface area contributed by atoms with Crippen molar-refractivity contribution in [1.82, 2.24) is 20.0 Å². The van der Waals surface area contributed by atoms with Crippen molar-refractivity contribution >= 4 is 27.0 Å². The summed E-state index contributed by atoms with van der Waals surface area (Å²) in [6, 6.07) is 7.32. The molecule has 0 unspecified atom stereocenters. The van der Waals surface area contributed by atoms with E-state index >= 15 is 0 Å². The second-order valence-corrected chi connectivity index (χ2v) is 7.57. The van der Waals surface area contributed by atoms with Crippen LogP contribution in [0.3, 0.4) is 0 Å². The van der Waals surface area contributed by atoms with Crippen LogP contribution in [-0.2, 0) is 13.2 Å². The van der Waals surface area contributed by atoms with Gasteiger partial charge < -0.3 is 9.84 Å². The van der Waals surface area contributed by atoms with Gasteiger partial charge in [-0.15, -0.1) is 5.10 Å². The van der Waals surface area contributed by atoms with E-state index in [4.69, 9.17) is 4.74 Å². The van der Waals surface area contributed by atoms with E-state index in [0.29, 0.717) is 17.2 Å². The van der Waals surface area contributed by atoms with Crippen molar-refractivity contribution < 1.29 is 9.84 Å². The monoisotopic (exact) mass is 390 g/mol. The molecule has 6 nitrogen and oxygen atoms in total. The Kier molecular flexibility index (Phi) is 4.56. The molecule has 2 heterocycles. The minimum absolute atomic E-state index is 0.103. The summed E-state index contributed by atoms with van der Waals surface area (Å²) in [4.78, 5) is 4.18. The second-order valence-electron chi connectivity index (χ2n) is 6.78. The summed E-state index contributed by atoms with van der Waals surface area (Å²) in [5.74, 6) is 0.959. The zero-order valence-corrected chi connectivity index (χ0v) is 15.4. The molecule has 3 rings (SSSR count). The lowest BCUT2D eigenvalue weighted by atomic mass is 9.97. The van der Waals surface area contributed by atoms with Crippen molar-refractivity contribution in [3.63, 3.8) is 0 Å². The normalized spacial score (nSPS) is 11.9. The minimum atomic E-state index is -0.134. The number of benzene rings is 1. The van der Waals surface area contributed by atoms with E-state index in [1.54, 1.807) is 18.3 Å². The van der Waals surface area contributed by atoms with Crippen LogP contribution in [0.4, 0.5) is 0 Å². The number of aromatic nitrogens is 4. The first-order valence-corrected chi connectivity index (χ1v) is 8.42. The predicted octanol–water partition coefficient (Wildman–Crippen LogP) is 3.92. The van der Waals surface area contributed by atoms with Crippen LogP contribution in [0.5, 0.6) is 11.6 Å². The first-order valence-electron chi connectivity index (χ1n) is 7.63. The van der Waals surface area contributed by atoms with Crippen LogP contribution < -0.4 is 4.74 Å². The van der Waals surface area contributed by atoms with Gasteiger partial charge in [0.25, 0.3) is 0 Å². The van der Waals surface area contributed by atoms with Crippen molar-refractivity contribution in [2.75, 3.05) is 0 Å². The number of halogens is 1. The Bertz CT molecular complexity index is 871. The molecule has 2 aromatic heterocycles. The Morgan fingerprint density at radius 1 is 1.25 bits per heavy atom. The number of aliphatic hydroxyl groups excluding tert-OH is 1. The van der Waals surface area contributed by atoms with E-state index in [1.807, 2.05) is 16.8 Å². The topological polar surface area (TPSA) is 73.1 Å². The van der Waals surface area contributed by atoms with Crippen molar-refractivity contribution in [3.8, 4) is 11.6 Å². The molecule has 0 aliphatic heterocycles. The summed E-state index contributed by atoms with van der Waals surface area (Å²) in [5, 5.41) is 17.9. The molecule has 1 aromatic carbocycles. The van der Waals surface area contributed by atoms with Gasteiger partial charge in [-0.25, -0.2) is 9.67 Å². The fourth-order valence-corrected chi connectivity index (χ4v) is 2.87. The van der Waals surface area contributed by atoms with E-state index in [1.165, 1.54) is 0 Å². The lowest BCUT2D eigenvalue weighted by Crippen LogP contribution is -2.16. The van der Waals surface area contributed by atoms with Gasteiger partial charge in [-0.05, 0) is 45.6 Å². The first-order chi connectivity index (χ1) is 11.4. The van der Waals surface area contributed by atoms with E-state index < -0.39 is 0 Å². The average Bonchev–Trinajstić information content (AvgIpc) is 2.92. The molecule has 0 radical (unpaired) electrons. The summed E-state index contributed by atoms with van der Waals surface area (Å²) in [6.07, 6.45) is 1.63. The second kappa shape index (κ2) is 6.49. The van der Waals surface area contributed by atoms with Crippen molar-refractivity contribution in [3.05, 3.63) is 40.5 Å². The maximum atomic E-state index is 9.39. The molecule has 0 fully saturated rings. The van der Waals surface area contributed by atoms with Crippen LogP contribution in [-0.4, -0.2) is 25.1 Å². The maximum Gasteiger partial charge on any atom is 0.224 e. The number of hydrogen-bond donors (Lipinski definition) is 1. The molecule has 0 bridgehead atoms. The molecule has 1 N–H and O–H groups in total. The zero-order chi connectivity index (χ0) is 17.3. The van der Waals surface area contributed by atoms with Crippen LogP contribution in [0, 0.1) is 5.41 Å². The first kappa shape index (κ1) is 16.9. The van der Waals surface area contributed by atoms with E-state index in [-0.39, 0.29) is 12.0 Å². The fraction of sp³-hybridized carbons (Fsp3) is 0.353. The highest BCUT2D eigenvalue weighted by molar-refractivity contribution is 9.10. The van der Waals surface area contributed by atoms with Gasteiger partial charge in [-0.2, -0.15) is 0 Å². The van der Waals surface area contributed by atoms with Gasteiger partial charge in [0.1, 0.15) is 11.3 Å². The molecule has 3 aromatic rings. The molecule has 24 heavy (non-hydrogen) atoms. The number of aliphatic hydroxyl groups is 1. The molecular formula is C17H19BrN4O2. The summed E-state index contributed by atoms with van der Waals surface area (Å²) in [6.45, 7) is 7.11. The summed E-state index contributed by atoms with van der Waals surface area (Å²) >= 11 is 3.55. The van der Waals surface area contributed by atoms with Gasteiger partial charge in [-0.3, -0.25) is 0 Å². The highest BCUT2D eigenvalue weighted by Crippen LogP contribution is 2.35. The molecule has 0 saturated carbocycles. The van der Waals surface area contributed by atoms with Crippen molar-refractivity contribution in [2.45, 2.75) is 33.9 Å². The van der Waals surface area contributed by atoms with Crippen LogP contribution in [0.15, 0.2) is 34.9 Å². The van der Waals surface area contributed by atoms with Gasteiger partial charge in [-0.1, -0.05) is 26.0 Å². The Morgan fingerprint density at radius 2 is 2.04 bits per heavy atom. The van der Waals surface area contributed by atoms with E-state index in [2.05, 4.69) is 52.0 Å². The molecule has 126 valence electrons. The lowest BCUT2D eigenvalue weighted by Gasteiger charge is -2.18. The molecule has 0 aliphatic carbocycles. The van der Waals surface area contributed by atoms with E-state index in [0.717, 1.165) is 22.1 Å². The SMILES string of the molecule is CC(C)(C)Cn1nnc2c(Br)c(Oc3ncccc3CO)ccc21. The number of rotatable bonds is 4. The lowest BCUT2D eigenvalue weighted by molar-refractivity contribution is 0.275. The van der Waals surface area contributed by atoms with Gasteiger partial charge in [0.2, 0.25) is 5.88 Å². The van der Waals surface area contributed by atoms with Crippen LogP contribution in [0.2, 0.25) is 0 Å². The van der Waals surface area contributed by atoms with Gasteiger partial charge >= 0.3 is 0 Å². The average molecular weight is 391 g/mol. The van der Waals surface area contributed by atoms with Crippen LogP contribution >= 0.6 is 15.9 Å². The Balaban J connectivity index is 1.98. The molecule has 0 aliphatic rings. The molecule has 0 amide bonds. The smallest absolute Gasteiger partial charge is 0.224 e. The highest BCUT2D eigenvalue weighted by atomic mass is 79.9. The van der Waals surface area contributed by atoms with E-state index in [9.17, 15) is 5.11 Å². The highest BCUT2D eigenvalue weighted by Gasteiger charge is 2.18. The Hall–Kier alpha value is -1.99. The fourth-order valence-electron chi connectivity index (χ4n) is 2.37.